The van der Waals surface area contributed by atoms with Crippen LogP contribution in [0.4, 0.5) is 0 Å². The molecule has 21 heavy (non-hydrogen) atoms. The molecular formula is C17H24Br2O2. The van der Waals surface area contributed by atoms with Gasteiger partial charge in [-0.05, 0) is 50.3 Å². The minimum atomic E-state index is 0.377. The zero-order valence-corrected chi connectivity index (χ0v) is 16.0. The van der Waals surface area contributed by atoms with E-state index in [9.17, 15) is 0 Å². The van der Waals surface area contributed by atoms with Gasteiger partial charge < -0.3 is 9.47 Å². The minimum Gasteiger partial charge on any atom is -0.490 e. The average Bonchev–Trinajstić information content (AvgIpc) is 2.50. The highest BCUT2D eigenvalue weighted by molar-refractivity contribution is 9.11. The van der Waals surface area contributed by atoms with Crippen molar-refractivity contribution in [3.05, 3.63) is 22.2 Å². The van der Waals surface area contributed by atoms with Crippen molar-refractivity contribution in [3.63, 3.8) is 0 Å². The van der Waals surface area contributed by atoms with Crippen LogP contribution in [0, 0.1) is 5.92 Å². The van der Waals surface area contributed by atoms with Gasteiger partial charge >= 0.3 is 0 Å². The molecule has 1 fully saturated rings. The van der Waals surface area contributed by atoms with Gasteiger partial charge in [0, 0.05) is 9.30 Å². The van der Waals surface area contributed by atoms with Crippen LogP contribution in [-0.2, 0) is 0 Å². The summed E-state index contributed by atoms with van der Waals surface area (Å²) in [6.45, 7) is 5.29. The van der Waals surface area contributed by atoms with Crippen molar-refractivity contribution in [1.82, 2.24) is 0 Å². The molecule has 0 N–H and O–H groups in total. The van der Waals surface area contributed by atoms with Crippen LogP contribution in [0.2, 0.25) is 0 Å². The molecule has 2 nitrogen and oxygen atoms in total. The molecule has 0 aromatic heterocycles. The third kappa shape index (κ3) is 4.38. The second kappa shape index (κ2) is 8.42. The molecule has 118 valence electrons. The van der Waals surface area contributed by atoms with Crippen molar-refractivity contribution in [2.45, 2.75) is 50.8 Å². The lowest BCUT2D eigenvalue weighted by molar-refractivity contribution is 0.286. The lowest BCUT2D eigenvalue weighted by Crippen LogP contribution is -2.12. The largest absolute Gasteiger partial charge is 0.490 e. The van der Waals surface area contributed by atoms with Gasteiger partial charge in [-0.25, -0.2) is 0 Å². The van der Waals surface area contributed by atoms with Gasteiger partial charge in [-0.1, -0.05) is 51.1 Å². The molecule has 0 bridgehead atoms. The van der Waals surface area contributed by atoms with E-state index in [4.69, 9.17) is 9.47 Å². The highest BCUT2D eigenvalue weighted by atomic mass is 79.9. The van der Waals surface area contributed by atoms with Gasteiger partial charge in [0.25, 0.3) is 0 Å². The zero-order valence-electron chi connectivity index (χ0n) is 12.8. The molecule has 0 heterocycles. The van der Waals surface area contributed by atoms with Crippen LogP contribution in [0.1, 0.15) is 56.3 Å². The van der Waals surface area contributed by atoms with E-state index in [1.165, 1.54) is 37.7 Å². The lowest BCUT2D eigenvalue weighted by Gasteiger charge is -2.28. The summed E-state index contributed by atoms with van der Waals surface area (Å²) in [7, 11) is 0. The fourth-order valence-electron chi connectivity index (χ4n) is 2.98. The van der Waals surface area contributed by atoms with Gasteiger partial charge in [-0.3, -0.25) is 0 Å². The second-order valence-electron chi connectivity index (χ2n) is 5.49. The van der Waals surface area contributed by atoms with Crippen molar-refractivity contribution >= 4 is 31.9 Å². The van der Waals surface area contributed by atoms with E-state index in [0.717, 1.165) is 16.0 Å². The summed E-state index contributed by atoms with van der Waals surface area (Å²) in [6.07, 6.45) is 6.68. The molecule has 1 saturated carbocycles. The van der Waals surface area contributed by atoms with E-state index in [0.29, 0.717) is 24.0 Å². The van der Waals surface area contributed by atoms with E-state index in [1.54, 1.807) is 0 Å². The molecule has 0 radical (unpaired) electrons. The van der Waals surface area contributed by atoms with E-state index in [1.807, 2.05) is 19.9 Å². The first-order valence-corrected chi connectivity index (χ1v) is 9.61. The Kier molecular flexibility index (Phi) is 6.87. The number of alkyl halides is 1. The third-order valence-electron chi connectivity index (χ3n) is 4.02. The highest BCUT2D eigenvalue weighted by Gasteiger charge is 2.25. The fourth-order valence-corrected chi connectivity index (χ4v) is 4.76. The zero-order chi connectivity index (χ0) is 15.2. The number of benzene rings is 1. The Hall–Kier alpha value is -0.220. The standard InChI is InChI=1S/C17H24Br2O2/c1-3-20-15-10-13(14(18)11-16(15)21-4-2)17(19)12-8-6-5-7-9-12/h10-12,17H,3-9H2,1-2H3. The van der Waals surface area contributed by atoms with Gasteiger partial charge in [0.1, 0.15) is 0 Å². The molecule has 1 atom stereocenters. The minimum absolute atomic E-state index is 0.377. The Morgan fingerprint density at radius 1 is 1.05 bits per heavy atom. The maximum absolute atomic E-state index is 5.76. The van der Waals surface area contributed by atoms with Gasteiger partial charge in [0.05, 0.1) is 13.2 Å². The summed E-state index contributed by atoms with van der Waals surface area (Å²) in [5, 5.41) is 0. The first-order chi connectivity index (χ1) is 10.2. The second-order valence-corrected chi connectivity index (χ2v) is 7.33. The van der Waals surface area contributed by atoms with Crippen molar-refractivity contribution < 1.29 is 9.47 Å². The smallest absolute Gasteiger partial charge is 0.162 e. The van der Waals surface area contributed by atoms with Crippen LogP contribution < -0.4 is 9.47 Å². The molecule has 1 aliphatic carbocycles. The number of hydrogen-bond acceptors (Lipinski definition) is 2. The maximum Gasteiger partial charge on any atom is 0.162 e. The van der Waals surface area contributed by atoms with Crippen LogP contribution >= 0.6 is 31.9 Å². The summed E-state index contributed by atoms with van der Waals surface area (Å²) in [5.41, 5.74) is 1.27. The fraction of sp³-hybridized carbons (Fsp3) is 0.647. The van der Waals surface area contributed by atoms with E-state index in [-0.39, 0.29) is 0 Å². The Balaban J connectivity index is 2.27. The number of halogens is 2. The Morgan fingerprint density at radius 2 is 1.62 bits per heavy atom. The monoisotopic (exact) mass is 418 g/mol. The van der Waals surface area contributed by atoms with Gasteiger partial charge in [0.15, 0.2) is 11.5 Å². The molecular weight excluding hydrogens is 396 g/mol. The average molecular weight is 420 g/mol. The van der Waals surface area contributed by atoms with Crippen molar-refractivity contribution in [2.75, 3.05) is 13.2 Å². The third-order valence-corrected chi connectivity index (χ3v) is 5.95. The van der Waals surface area contributed by atoms with Crippen LogP contribution in [0.25, 0.3) is 0 Å². The van der Waals surface area contributed by atoms with E-state index < -0.39 is 0 Å². The molecule has 0 saturated heterocycles. The summed E-state index contributed by atoms with van der Waals surface area (Å²) in [4.78, 5) is 0.377. The molecule has 4 heteroatoms. The summed E-state index contributed by atoms with van der Waals surface area (Å²) in [6, 6.07) is 4.17. The molecule has 1 aromatic rings. The van der Waals surface area contributed by atoms with Crippen molar-refractivity contribution in [3.8, 4) is 11.5 Å². The SMILES string of the molecule is CCOc1cc(Br)c(C(Br)C2CCCCC2)cc1OCC. The topological polar surface area (TPSA) is 18.5 Å². The number of hydrogen-bond donors (Lipinski definition) is 0. The molecule has 0 amide bonds. The van der Waals surface area contributed by atoms with Crippen LogP contribution in [-0.4, -0.2) is 13.2 Å². The predicted octanol–water partition coefficient (Wildman–Crippen LogP) is 6.26. The van der Waals surface area contributed by atoms with Gasteiger partial charge in [-0.15, -0.1) is 0 Å². The highest BCUT2D eigenvalue weighted by Crippen LogP contribution is 2.45. The van der Waals surface area contributed by atoms with Crippen LogP contribution in [0.5, 0.6) is 11.5 Å². The summed E-state index contributed by atoms with van der Waals surface area (Å²) < 4.78 is 12.5. The summed E-state index contributed by atoms with van der Waals surface area (Å²) >= 11 is 7.62. The van der Waals surface area contributed by atoms with Gasteiger partial charge in [-0.2, -0.15) is 0 Å². The maximum atomic E-state index is 5.76. The first-order valence-electron chi connectivity index (χ1n) is 7.90. The number of rotatable bonds is 6. The summed E-state index contributed by atoms with van der Waals surface area (Å²) in [5.74, 6) is 2.37. The Morgan fingerprint density at radius 3 is 2.19 bits per heavy atom. The molecule has 2 rings (SSSR count). The van der Waals surface area contributed by atoms with Crippen molar-refractivity contribution in [2.24, 2.45) is 5.92 Å². The quantitative estimate of drug-likeness (QED) is 0.506. The molecule has 0 aliphatic heterocycles. The normalized spacial score (nSPS) is 17.5. The Labute approximate surface area is 144 Å². The molecule has 1 unspecified atom stereocenters. The molecule has 0 spiro atoms. The first kappa shape index (κ1) is 17.1. The van der Waals surface area contributed by atoms with E-state index in [2.05, 4.69) is 37.9 Å². The molecule has 1 aliphatic rings. The molecule has 1 aromatic carbocycles. The van der Waals surface area contributed by atoms with Gasteiger partial charge in [0.2, 0.25) is 0 Å². The predicted molar refractivity (Wildman–Crippen MR) is 94.7 cm³/mol. The van der Waals surface area contributed by atoms with Crippen molar-refractivity contribution in [1.29, 1.82) is 0 Å². The van der Waals surface area contributed by atoms with E-state index >= 15 is 0 Å². The van der Waals surface area contributed by atoms with Crippen LogP contribution in [0.3, 0.4) is 0 Å². The van der Waals surface area contributed by atoms with Crippen LogP contribution in [0.15, 0.2) is 16.6 Å². The number of ether oxygens (including phenoxy) is 2. The Bertz CT molecular complexity index is 456. The lowest BCUT2D eigenvalue weighted by atomic mass is 9.84.